The summed E-state index contributed by atoms with van der Waals surface area (Å²) >= 11 is 4.41. The fourth-order valence-electron chi connectivity index (χ4n) is 1.45. The molecule has 0 aromatic heterocycles. The van der Waals surface area contributed by atoms with E-state index in [9.17, 15) is 0 Å². The molecule has 16 heavy (non-hydrogen) atoms. The highest BCUT2D eigenvalue weighted by molar-refractivity contribution is 14.1. The molecule has 0 spiro atoms. The normalized spacial score (nSPS) is 12.3. The van der Waals surface area contributed by atoms with Gasteiger partial charge in [0.15, 0.2) is 0 Å². The van der Waals surface area contributed by atoms with Crippen molar-refractivity contribution in [1.82, 2.24) is 3.53 Å². The summed E-state index contributed by atoms with van der Waals surface area (Å²) in [6, 6.07) is 4.46. The van der Waals surface area contributed by atoms with Crippen molar-refractivity contribution in [3.63, 3.8) is 0 Å². The number of hydrogen-bond donors (Lipinski definition) is 1. The standard InChI is InChI=1S/C11H15I2NO2/c1-7(14-13)4-8-5-11(16-3)9(12)6-10(8)15-2/h5-7,14H,4H2,1-3H3. The van der Waals surface area contributed by atoms with Crippen LogP contribution in [-0.4, -0.2) is 20.3 Å². The maximum atomic E-state index is 5.38. The minimum Gasteiger partial charge on any atom is -0.496 e. The molecule has 1 rings (SSSR count). The van der Waals surface area contributed by atoms with Crippen molar-refractivity contribution in [2.24, 2.45) is 0 Å². The molecule has 0 aliphatic carbocycles. The molecule has 0 aliphatic heterocycles. The van der Waals surface area contributed by atoms with Gasteiger partial charge in [0, 0.05) is 28.9 Å². The van der Waals surface area contributed by atoms with Gasteiger partial charge in [0.25, 0.3) is 0 Å². The Kier molecular flexibility index (Phi) is 6.12. The van der Waals surface area contributed by atoms with Crippen molar-refractivity contribution in [3.05, 3.63) is 21.3 Å². The molecule has 0 fully saturated rings. The Morgan fingerprint density at radius 2 is 1.88 bits per heavy atom. The lowest BCUT2D eigenvalue weighted by atomic mass is 10.1. The molecule has 0 amide bonds. The molecule has 90 valence electrons. The Bertz CT molecular complexity index is 358. The largest absolute Gasteiger partial charge is 0.496 e. The van der Waals surface area contributed by atoms with E-state index < -0.39 is 0 Å². The number of methoxy groups -OCH3 is 2. The van der Waals surface area contributed by atoms with Crippen LogP contribution in [0.4, 0.5) is 0 Å². The summed E-state index contributed by atoms with van der Waals surface area (Å²) in [6.07, 6.45) is 0.916. The molecule has 3 nitrogen and oxygen atoms in total. The first-order chi connectivity index (χ1) is 7.62. The Balaban J connectivity index is 3.04. The van der Waals surface area contributed by atoms with Crippen molar-refractivity contribution >= 4 is 45.5 Å². The van der Waals surface area contributed by atoms with E-state index in [1.54, 1.807) is 14.2 Å². The first-order valence-corrected chi connectivity index (χ1v) is 7.04. The lowest BCUT2D eigenvalue weighted by molar-refractivity contribution is 0.395. The van der Waals surface area contributed by atoms with Gasteiger partial charge in [0.2, 0.25) is 0 Å². The molecule has 0 aliphatic rings. The summed E-state index contributed by atoms with van der Waals surface area (Å²) in [7, 11) is 3.39. The van der Waals surface area contributed by atoms with Gasteiger partial charge in [-0.05, 0) is 53.6 Å². The quantitative estimate of drug-likeness (QED) is 0.556. The maximum absolute atomic E-state index is 5.38. The van der Waals surface area contributed by atoms with Crippen molar-refractivity contribution in [2.45, 2.75) is 19.4 Å². The smallest absolute Gasteiger partial charge is 0.132 e. The number of hydrogen-bond acceptors (Lipinski definition) is 3. The summed E-state index contributed by atoms with van der Waals surface area (Å²) < 4.78 is 14.9. The predicted molar refractivity (Wildman–Crippen MR) is 82.6 cm³/mol. The molecule has 0 saturated carbocycles. The van der Waals surface area contributed by atoms with Crippen LogP contribution in [0.5, 0.6) is 11.5 Å². The highest BCUT2D eigenvalue weighted by atomic mass is 127. The fraction of sp³-hybridized carbons (Fsp3) is 0.455. The molecule has 1 atom stereocenters. The molecule has 0 saturated heterocycles. The van der Waals surface area contributed by atoms with Crippen molar-refractivity contribution < 1.29 is 9.47 Å². The predicted octanol–water partition coefficient (Wildman–Crippen LogP) is 3.18. The summed E-state index contributed by atoms with van der Waals surface area (Å²) in [4.78, 5) is 0. The van der Waals surface area contributed by atoms with Crippen LogP contribution in [0.3, 0.4) is 0 Å². The van der Waals surface area contributed by atoms with Gasteiger partial charge >= 0.3 is 0 Å². The van der Waals surface area contributed by atoms with Gasteiger partial charge in [0.1, 0.15) is 11.5 Å². The topological polar surface area (TPSA) is 30.5 Å². The summed E-state index contributed by atoms with van der Waals surface area (Å²) in [5.74, 6) is 1.82. The Hall–Kier alpha value is 0.240. The molecule has 0 bridgehead atoms. The molecule has 5 heteroatoms. The Labute approximate surface area is 124 Å². The van der Waals surface area contributed by atoms with E-state index in [1.807, 2.05) is 12.1 Å². The van der Waals surface area contributed by atoms with Crippen LogP contribution in [0.1, 0.15) is 12.5 Å². The van der Waals surface area contributed by atoms with Crippen molar-refractivity contribution in [2.75, 3.05) is 14.2 Å². The van der Waals surface area contributed by atoms with E-state index in [4.69, 9.17) is 9.47 Å². The third-order valence-electron chi connectivity index (χ3n) is 2.27. The van der Waals surface area contributed by atoms with E-state index in [1.165, 1.54) is 0 Å². The van der Waals surface area contributed by atoms with Crippen LogP contribution in [-0.2, 0) is 6.42 Å². The lowest BCUT2D eigenvalue weighted by Crippen LogP contribution is -2.18. The second kappa shape index (κ2) is 6.85. The van der Waals surface area contributed by atoms with Gasteiger partial charge < -0.3 is 9.47 Å². The first-order valence-electron chi connectivity index (χ1n) is 4.89. The highest BCUT2D eigenvalue weighted by Gasteiger charge is 2.11. The minimum atomic E-state index is 0.402. The number of ether oxygens (including phenoxy) is 2. The second-order valence-corrected chi connectivity index (χ2v) is 5.30. The van der Waals surface area contributed by atoms with Crippen LogP contribution in [0.15, 0.2) is 12.1 Å². The number of halogens is 2. The number of rotatable bonds is 5. The van der Waals surface area contributed by atoms with Crippen LogP contribution in [0.2, 0.25) is 0 Å². The van der Waals surface area contributed by atoms with Gasteiger partial charge in [-0.15, -0.1) is 0 Å². The zero-order chi connectivity index (χ0) is 12.1. The van der Waals surface area contributed by atoms with Gasteiger partial charge in [-0.25, -0.2) is 0 Å². The fourth-order valence-corrected chi connectivity index (χ4v) is 2.33. The molecule has 0 heterocycles. The average molecular weight is 447 g/mol. The van der Waals surface area contributed by atoms with Gasteiger partial charge in [0.05, 0.1) is 17.8 Å². The minimum absolute atomic E-state index is 0.402. The zero-order valence-electron chi connectivity index (χ0n) is 9.51. The van der Waals surface area contributed by atoms with E-state index in [0.29, 0.717) is 6.04 Å². The van der Waals surface area contributed by atoms with Crippen LogP contribution in [0.25, 0.3) is 0 Å². The molecule has 1 N–H and O–H groups in total. The maximum Gasteiger partial charge on any atom is 0.132 e. The van der Waals surface area contributed by atoms with Crippen LogP contribution >= 0.6 is 45.5 Å². The third kappa shape index (κ3) is 3.63. The summed E-state index contributed by atoms with van der Waals surface area (Å²) in [5, 5.41) is 0. The molecule has 1 unspecified atom stereocenters. The molecule has 1 aromatic rings. The Morgan fingerprint density at radius 3 is 2.38 bits per heavy atom. The van der Waals surface area contributed by atoms with E-state index in [2.05, 4.69) is 55.9 Å². The monoisotopic (exact) mass is 447 g/mol. The zero-order valence-corrected chi connectivity index (χ0v) is 13.8. The van der Waals surface area contributed by atoms with E-state index in [-0.39, 0.29) is 0 Å². The van der Waals surface area contributed by atoms with E-state index >= 15 is 0 Å². The van der Waals surface area contributed by atoms with Gasteiger partial charge in [-0.3, -0.25) is 3.53 Å². The number of nitrogens with one attached hydrogen (secondary N) is 1. The molecule has 0 radical (unpaired) electrons. The summed E-state index contributed by atoms with van der Waals surface area (Å²) in [5.41, 5.74) is 1.16. The van der Waals surface area contributed by atoms with Crippen LogP contribution < -0.4 is 13.0 Å². The van der Waals surface area contributed by atoms with E-state index in [0.717, 1.165) is 27.1 Å². The molecular weight excluding hydrogens is 432 g/mol. The van der Waals surface area contributed by atoms with Gasteiger partial charge in [-0.1, -0.05) is 0 Å². The Morgan fingerprint density at radius 1 is 1.25 bits per heavy atom. The third-order valence-corrected chi connectivity index (χ3v) is 4.17. The highest BCUT2D eigenvalue weighted by Crippen LogP contribution is 2.30. The van der Waals surface area contributed by atoms with Crippen LogP contribution in [0, 0.1) is 3.57 Å². The van der Waals surface area contributed by atoms with Gasteiger partial charge in [-0.2, -0.15) is 0 Å². The molecular formula is C11H15I2NO2. The summed E-state index contributed by atoms with van der Waals surface area (Å²) in [6.45, 7) is 2.14. The molecule has 1 aromatic carbocycles. The number of benzene rings is 1. The van der Waals surface area contributed by atoms with Crippen molar-refractivity contribution in [3.8, 4) is 11.5 Å². The SMILES string of the molecule is COc1cc(CC(C)NI)c(OC)cc1I. The second-order valence-electron chi connectivity index (χ2n) is 3.51. The van der Waals surface area contributed by atoms with Crippen molar-refractivity contribution in [1.29, 1.82) is 0 Å². The lowest BCUT2D eigenvalue weighted by Gasteiger charge is -2.15. The average Bonchev–Trinajstić information content (AvgIpc) is 2.30. The first kappa shape index (κ1) is 14.3.